The van der Waals surface area contributed by atoms with E-state index < -0.39 is 0 Å². The molecule has 3 rings (SSSR count). The van der Waals surface area contributed by atoms with Gasteiger partial charge in [-0.05, 0) is 36.1 Å². The maximum absolute atomic E-state index is 5.86. The van der Waals surface area contributed by atoms with Gasteiger partial charge in [0.25, 0.3) is 0 Å². The first-order chi connectivity index (χ1) is 11.3. The summed E-state index contributed by atoms with van der Waals surface area (Å²) in [6.07, 6.45) is 1.01. The molecule has 0 unspecified atom stereocenters. The minimum absolute atomic E-state index is 0.729. The van der Waals surface area contributed by atoms with E-state index in [1.165, 1.54) is 10.8 Å². The van der Waals surface area contributed by atoms with Crippen molar-refractivity contribution in [1.82, 2.24) is 0 Å². The van der Waals surface area contributed by atoms with Crippen molar-refractivity contribution in [3.63, 3.8) is 0 Å². The number of rotatable bonds is 6. The molecule has 0 aliphatic heterocycles. The van der Waals surface area contributed by atoms with Crippen LogP contribution in [0.1, 0.15) is 18.9 Å². The van der Waals surface area contributed by atoms with Gasteiger partial charge < -0.3 is 10.1 Å². The number of hydrogen-bond acceptors (Lipinski definition) is 2. The van der Waals surface area contributed by atoms with Crippen LogP contribution in [0.2, 0.25) is 0 Å². The molecule has 23 heavy (non-hydrogen) atoms. The zero-order valence-corrected chi connectivity index (χ0v) is 14.8. The number of benzene rings is 3. The zero-order chi connectivity index (χ0) is 16.1. The lowest BCUT2D eigenvalue weighted by Crippen LogP contribution is -2.04. The van der Waals surface area contributed by atoms with Gasteiger partial charge in [0.05, 0.1) is 6.61 Å². The van der Waals surface area contributed by atoms with Crippen molar-refractivity contribution in [1.29, 1.82) is 0 Å². The minimum atomic E-state index is 0.729. The Labute approximate surface area is 145 Å². The Balaban J connectivity index is 1.83. The lowest BCUT2D eigenvalue weighted by atomic mass is 10.1. The first-order valence-electron chi connectivity index (χ1n) is 7.91. The number of fused-ring (bicyclic) bond motifs is 1. The van der Waals surface area contributed by atoms with Crippen molar-refractivity contribution in [3.8, 4) is 5.75 Å². The van der Waals surface area contributed by atoms with Crippen LogP contribution in [0.3, 0.4) is 0 Å². The molecule has 0 aromatic heterocycles. The van der Waals surface area contributed by atoms with E-state index in [0.717, 1.165) is 41.0 Å². The minimum Gasteiger partial charge on any atom is -0.493 e. The number of ether oxygens (including phenoxy) is 1. The van der Waals surface area contributed by atoms with E-state index in [1.54, 1.807) is 0 Å². The number of nitrogens with one attached hydrogen (secondary N) is 1. The Morgan fingerprint density at radius 3 is 2.70 bits per heavy atom. The van der Waals surface area contributed by atoms with E-state index in [9.17, 15) is 0 Å². The van der Waals surface area contributed by atoms with Crippen LogP contribution in [0.5, 0.6) is 5.75 Å². The van der Waals surface area contributed by atoms with Gasteiger partial charge in [0.2, 0.25) is 0 Å². The normalized spacial score (nSPS) is 10.7. The predicted molar refractivity (Wildman–Crippen MR) is 101 cm³/mol. The summed E-state index contributed by atoms with van der Waals surface area (Å²) in [6, 6.07) is 20.9. The van der Waals surface area contributed by atoms with Crippen molar-refractivity contribution in [2.45, 2.75) is 19.9 Å². The molecule has 0 spiro atoms. The first-order valence-corrected chi connectivity index (χ1v) is 8.70. The monoisotopic (exact) mass is 369 g/mol. The standard InChI is InChI=1S/C20H20BrNO/c1-2-12-23-20-11-10-17(21)13-16(20)14-22-19-9-5-7-15-6-3-4-8-18(15)19/h3-11,13,22H,2,12,14H2,1H3. The van der Waals surface area contributed by atoms with Crippen molar-refractivity contribution in [3.05, 3.63) is 70.7 Å². The summed E-state index contributed by atoms with van der Waals surface area (Å²) in [4.78, 5) is 0. The molecule has 0 saturated heterocycles. The molecule has 0 aliphatic rings. The maximum Gasteiger partial charge on any atom is 0.124 e. The van der Waals surface area contributed by atoms with E-state index in [4.69, 9.17) is 4.74 Å². The third-order valence-electron chi connectivity index (χ3n) is 3.74. The summed E-state index contributed by atoms with van der Waals surface area (Å²) in [5.74, 6) is 0.947. The highest BCUT2D eigenvalue weighted by molar-refractivity contribution is 9.10. The summed E-state index contributed by atoms with van der Waals surface area (Å²) in [7, 11) is 0. The van der Waals surface area contributed by atoms with Gasteiger partial charge in [0, 0.05) is 27.7 Å². The third-order valence-corrected chi connectivity index (χ3v) is 4.24. The summed E-state index contributed by atoms with van der Waals surface area (Å²) in [5, 5.41) is 6.03. The Bertz CT molecular complexity index is 795. The Morgan fingerprint density at radius 2 is 1.83 bits per heavy atom. The van der Waals surface area contributed by atoms with Crippen LogP contribution in [-0.4, -0.2) is 6.61 Å². The molecule has 0 bridgehead atoms. The fraction of sp³-hybridized carbons (Fsp3) is 0.200. The summed E-state index contributed by atoms with van der Waals surface area (Å²) >= 11 is 3.55. The fourth-order valence-electron chi connectivity index (χ4n) is 2.61. The van der Waals surface area contributed by atoms with Crippen LogP contribution in [0.4, 0.5) is 5.69 Å². The zero-order valence-electron chi connectivity index (χ0n) is 13.2. The van der Waals surface area contributed by atoms with Gasteiger partial charge in [0.15, 0.2) is 0 Å². The van der Waals surface area contributed by atoms with E-state index in [-0.39, 0.29) is 0 Å². The molecule has 0 aliphatic carbocycles. The molecule has 0 fully saturated rings. The van der Waals surface area contributed by atoms with Crippen LogP contribution in [-0.2, 0) is 6.54 Å². The smallest absolute Gasteiger partial charge is 0.124 e. The molecule has 0 atom stereocenters. The molecule has 3 aromatic rings. The summed E-state index contributed by atoms with van der Waals surface area (Å²) < 4.78 is 6.92. The molecular weight excluding hydrogens is 350 g/mol. The molecule has 1 N–H and O–H groups in total. The van der Waals surface area contributed by atoms with Gasteiger partial charge in [-0.25, -0.2) is 0 Å². The molecule has 0 saturated carbocycles. The average Bonchev–Trinajstić information content (AvgIpc) is 2.59. The van der Waals surface area contributed by atoms with Gasteiger partial charge in [-0.15, -0.1) is 0 Å². The maximum atomic E-state index is 5.86. The highest BCUT2D eigenvalue weighted by Crippen LogP contribution is 2.27. The van der Waals surface area contributed by atoms with E-state index in [1.807, 2.05) is 12.1 Å². The highest BCUT2D eigenvalue weighted by Gasteiger charge is 2.06. The fourth-order valence-corrected chi connectivity index (χ4v) is 3.02. The second kappa shape index (κ2) is 7.51. The molecule has 0 amide bonds. The van der Waals surface area contributed by atoms with Gasteiger partial charge >= 0.3 is 0 Å². The molecule has 0 radical (unpaired) electrons. The van der Waals surface area contributed by atoms with E-state index in [0.29, 0.717) is 0 Å². The van der Waals surface area contributed by atoms with Crippen LogP contribution < -0.4 is 10.1 Å². The van der Waals surface area contributed by atoms with Crippen molar-refractivity contribution in [2.24, 2.45) is 0 Å². The second-order valence-corrected chi connectivity index (χ2v) is 6.40. The Morgan fingerprint density at radius 1 is 1.00 bits per heavy atom. The van der Waals surface area contributed by atoms with Crippen molar-refractivity contribution in [2.75, 3.05) is 11.9 Å². The second-order valence-electron chi connectivity index (χ2n) is 5.48. The van der Waals surface area contributed by atoms with Crippen LogP contribution in [0.15, 0.2) is 65.1 Å². The van der Waals surface area contributed by atoms with E-state index in [2.05, 4.69) is 76.7 Å². The lowest BCUT2D eigenvalue weighted by Gasteiger charge is -2.14. The first kappa shape index (κ1) is 15.9. The summed E-state index contributed by atoms with van der Waals surface area (Å²) in [6.45, 7) is 3.59. The predicted octanol–water partition coefficient (Wildman–Crippen LogP) is 6.00. The van der Waals surface area contributed by atoms with Gasteiger partial charge in [0.1, 0.15) is 5.75 Å². The molecule has 118 valence electrons. The quantitative estimate of drug-likeness (QED) is 0.574. The SMILES string of the molecule is CCCOc1ccc(Br)cc1CNc1cccc2ccccc12. The Kier molecular flexibility index (Phi) is 5.19. The Hall–Kier alpha value is -2.00. The molecule has 0 heterocycles. The molecule has 3 aromatic carbocycles. The largest absolute Gasteiger partial charge is 0.493 e. The van der Waals surface area contributed by atoms with Gasteiger partial charge in [-0.3, -0.25) is 0 Å². The van der Waals surface area contributed by atoms with Crippen LogP contribution in [0, 0.1) is 0 Å². The van der Waals surface area contributed by atoms with Gasteiger partial charge in [-0.1, -0.05) is 59.3 Å². The topological polar surface area (TPSA) is 21.3 Å². The molecular formula is C20H20BrNO. The van der Waals surface area contributed by atoms with Crippen molar-refractivity contribution < 1.29 is 4.74 Å². The van der Waals surface area contributed by atoms with E-state index >= 15 is 0 Å². The third kappa shape index (κ3) is 3.85. The highest BCUT2D eigenvalue weighted by atomic mass is 79.9. The van der Waals surface area contributed by atoms with Gasteiger partial charge in [-0.2, -0.15) is 0 Å². The van der Waals surface area contributed by atoms with Crippen LogP contribution >= 0.6 is 15.9 Å². The summed E-state index contributed by atoms with van der Waals surface area (Å²) in [5.41, 5.74) is 2.30. The van der Waals surface area contributed by atoms with Crippen molar-refractivity contribution >= 4 is 32.4 Å². The molecule has 3 heteroatoms. The number of hydrogen-bond donors (Lipinski definition) is 1. The number of halogens is 1. The molecule has 2 nitrogen and oxygen atoms in total. The average molecular weight is 370 g/mol. The van der Waals surface area contributed by atoms with Crippen LogP contribution in [0.25, 0.3) is 10.8 Å². The lowest BCUT2D eigenvalue weighted by molar-refractivity contribution is 0.314. The number of anilines is 1.